The summed E-state index contributed by atoms with van der Waals surface area (Å²) in [6.45, 7) is 4.65. The van der Waals surface area contributed by atoms with Gasteiger partial charge in [0, 0.05) is 6.04 Å². The first kappa shape index (κ1) is 12.1. The van der Waals surface area contributed by atoms with E-state index in [4.69, 9.17) is 11.5 Å². The minimum absolute atomic E-state index is 0.0983. The van der Waals surface area contributed by atoms with E-state index < -0.39 is 0 Å². The molecule has 0 aliphatic carbocycles. The molecular weight excluding hydrogens is 160 g/mol. The molecule has 1 atom stereocenters. The lowest BCUT2D eigenvalue weighted by atomic mass is 10.1. The van der Waals surface area contributed by atoms with Crippen molar-refractivity contribution in [1.82, 2.24) is 0 Å². The van der Waals surface area contributed by atoms with Crippen molar-refractivity contribution in [3.8, 4) is 0 Å². The summed E-state index contributed by atoms with van der Waals surface area (Å²) in [6.07, 6.45) is 0.851. The lowest BCUT2D eigenvalue weighted by Crippen LogP contribution is -2.14. The first-order valence-corrected chi connectivity index (χ1v) is 4.85. The van der Waals surface area contributed by atoms with Crippen molar-refractivity contribution in [2.75, 3.05) is 6.54 Å². The summed E-state index contributed by atoms with van der Waals surface area (Å²) in [5.74, 6) is 0. The molecule has 4 N–H and O–H groups in total. The van der Waals surface area contributed by atoms with Gasteiger partial charge in [-0.15, -0.1) is 0 Å². The van der Waals surface area contributed by atoms with Crippen molar-refractivity contribution in [1.29, 1.82) is 0 Å². The number of hydrogen-bond donors (Lipinski definition) is 2. The van der Waals surface area contributed by atoms with Gasteiger partial charge in [-0.05, 0) is 18.5 Å². The standard InChI is InChI=1S/C9H14N2.C2H6/c10-7-6-9(11)8-4-2-1-3-5-8;1-2/h1-5,9H,6-7,10-11H2;1-2H3/t9-;/m0./s1. The lowest BCUT2D eigenvalue weighted by Gasteiger charge is -2.09. The highest BCUT2D eigenvalue weighted by Crippen LogP contribution is 2.11. The molecule has 74 valence electrons. The molecule has 0 aliphatic heterocycles. The van der Waals surface area contributed by atoms with Crippen LogP contribution in [0.25, 0.3) is 0 Å². The number of hydrogen-bond acceptors (Lipinski definition) is 2. The summed E-state index contributed by atoms with van der Waals surface area (Å²) >= 11 is 0. The number of benzene rings is 1. The lowest BCUT2D eigenvalue weighted by molar-refractivity contribution is 0.661. The van der Waals surface area contributed by atoms with E-state index >= 15 is 0 Å². The Hall–Kier alpha value is -0.860. The molecule has 0 saturated carbocycles. The molecule has 0 fully saturated rings. The van der Waals surface area contributed by atoms with Crippen molar-refractivity contribution in [2.24, 2.45) is 11.5 Å². The highest BCUT2D eigenvalue weighted by molar-refractivity contribution is 5.18. The topological polar surface area (TPSA) is 52.0 Å². The van der Waals surface area contributed by atoms with Crippen molar-refractivity contribution < 1.29 is 0 Å². The average molecular weight is 180 g/mol. The first-order valence-electron chi connectivity index (χ1n) is 4.85. The molecule has 0 aromatic heterocycles. The van der Waals surface area contributed by atoms with Gasteiger partial charge in [0.15, 0.2) is 0 Å². The normalized spacial score (nSPS) is 11.4. The SMILES string of the molecule is CC.NCC[C@H](N)c1ccccc1. The van der Waals surface area contributed by atoms with E-state index in [-0.39, 0.29) is 6.04 Å². The average Bonchev–Trinajstić information content (AvgIpc) is 2.23. The van der Waals surface area contributed by atoms with E-state index in [1.165, 1.54) is 0 Å². The van der Waals surface area contributed by atoms with Gasteiger partial charge in [-0.25, -0.2) is 0 Å². The first-order chi connectivity index (χ1) is 6.34. The van der Waals surface area contributed by atoms with Crippen LogP contribution in [0.1, 0.15) is 31.9 Å². The zero-order chi connectivity index (χ0) is 10.1. The molecule has 1 aromatic carbocycles. The van der Waals surface area contributed by atoms with Gasteiger partial charge >= 0.3 is 0 Å². The fraction of sp³-hybridized carbons (Fsp3) is 0.455. The molecule has 0 radical (unpaired) electrons. The molecule has 13 heavy (non-hydrogen) atoms. The van der Waals surface area contributed by atoms with Crippen LogP contribution in [0, 0.1) is 0 Å². The highest BCUT2D eigenvalue weighted by Gasteiger charge is 2.01. The maximum atomic E-state index is 5.83. The second kappa shape index (κ2) is 7.77. The van der Waals surface area contributed by atoms with Gasteiger partial charge in [0.2, 0.25) is 0 Å². The summed E-state index contributed by atoms with van der Waals surface area (Å²) in [6, 6.07) is 10.1. The number of rotatable bonds is 3. The van der Waals surface area contributed by atoms with Crippen LogP contribution in [0.15, 0.2) is 30.3 Å². The molecule has 1 rings (SSSR count). The molecule has 0 heterocycles. The van der Waals surface area contributed by atoms with Crippen LogP contribution in [0.3, 0.4) is 0 Å². The van der Waals surface area contributed by atoms with Crippen LogP contribution < -0.4 is 11.5 Å². The van der Waals surface area contributed by atoms with E-state index in [2.05, 4.69) is 0 Å². The molecule has 0 bridgehead atoms. The molecule has 2 nitrogen and oxygen atoms in total. The fourth-order valence-corrected chi connectivity index (χ4v) is 1.05. The van der Waals surface area contributed by atoms with E-state index in [9.17, 15) is 0 Å². The maximum Gasteiger partial charge on any atom is 0.0306 e. The summed E-state index contributed by atoms with van der Waals surface area (Å²) in [7, 11) is 0. The van der Waals surface area contributed by atoms with Crippen molar-refractivity contribution in [2.45, 2.75) is 26.3 Å². The summed E-state index contributed by atoms with van der Waals surface area (Å²) in [5.41, 5.74) is 12.4. The molecular formula is C11H20N2. The van der Waals surface area contributed by atoms with Crippen LogP contribution in [-0.2, 0) is 0 Å². The fourth-order valence-electron chi connectivity index (χ4n) is 1.05. The highest BCUT2D eigenvalue weighted by atomic mass is 14.7. The van der Waals surface area contributed by atoms with E-state index in [1.807, 2.05) is 44.2 Å². The molecule has 0 aliphatic rings. The Labute approximate surface area is 80.9 Å². The van der Waals surface area contributed by atoms with Crippen LogP contribution in [-0.4, -0.2) is 6.54 Å². The molecule has 0 unspecified atom stereocenters. The smallest absolute Gasteiger partial charge is 0.0306 e. The van der Waals surface area contributed by atoms with Gasteiger partial charge in [-0.3, -0.25) is 0 Å². The summed E-state index contributed by atoms with van der Waals surface area (Å²) < 4.78 is 0. The van der Waals surface area contributed by atoms with Crippen LogP contribution >= 0.6 is 0 Å². The van der Waals surface area contributed by atoms with Gasteiger partial charge < -0.3 is 11.5 Å². The Morgan fingerprint density at radius 3 is 2.15 bits per heavy atom. The Morgan fingerprint density at radius 2 is 1.69 bits per heavy atom. The quantitative estimate of drug-likeness (QED) is 0.748. The largest absolute Gasteiger partial charge is 0.330 e. The summed E-state index contributed by atoms with van der Waals surface area (Å²) in [5, 5.41) is 0. The van der Waals surface area contributed by atoms with Crippen LogP contribution in [0.4, 0.5) is 0 Å². The Morgan fingerprint density at radius 1 is 1.15 bits per heavy atom. The van der Waals surface area contributed by atoms with Crippen molar-refractivity contribution >= 4 is 0 Å². The molecule has 0 spiro atoms. The molecule has 0 saturated heterocycles. The third kappa shape index (κ3) is 4.65. The van der Waals surface area contributed by atoms with Gasteiger partial charge in [-0.2, -0.15) is 0 Å². The van der Waals surface area contributed by atoms with E-state index in [0.717, 1.165) is 12.0 Å². The van der Waals surface area contributed by atoms with E-state index in [1.54, 1.807) is 0 Å². The zero-order valence-corrected chi connectivity index (χ0v) is 8.53. The third-order valence-electron chi connectivity index (χ3n) is 1.71. The van der Waals surface area contributed by atoms with Crippen LogP contribution in [0.2, 0.25) is 0 Å². The monoisotopic (exact) mass is 180 g/mol. The predicted molar refractivity (Wildman–Crippen MR) is 58.4 cm³/mol. The molecule has 1 aromatic rings. The number of nitrogens with two attached hydrogens (primary N) is 2. The minimum atomic E-state index is 0.0983. The zero-order valence-electron chi connectivity index (χ0n) is 8.53. The van der Waals surface area contributed by atoms with Gasteiger partial charge in [0.1, 0.15) is 0 Å². The summed E-state index contributed by atoms with van der Waals surface area (Å²) in [4.78, 5) is 0. The third-order valence-corrected chi connectivity index (χ3v) is 1.71. The minimum Gasteiger partial charge on any atom is -0.330 e. The molecule has 0 amide bonds. The van der Waals surface area contributed by atoms with Gasteiger partial charge in [0.05, 0.1) is 0 Å². The van der Waals surface area contributed by atoms with Crippen LogP contribution in [0.5, 0.6) is 0 Å². The maximum absolute atomic E-state index is 5.83. The van der Waals surface area contributed by atoms with Gasteiger partial charge in [0.25, 0.3) is 0 Å². The van der Waals surface area contributed by atoms with Gasteiger partial charge in [-0.1, -0.05) is 44.2 Å². The van der Waals surface area contributed by atoms with Crippen molar-refractivity contribution in [3.63, 3.8) is 0 Å². The molecule has 2 heteroatoms. The Bertz CT molecular complexity index is 197. The Balaban J connectivity index is 0.000000671. The predicted octanol–water partition coefficient (Wildman–Crippen LogP) is 2.06. The van der Waals surface area contributed by atoms with Crippen molar-refractivity contribution in [3.05, 3.63) is 35.9 Å². The van der Waals surface area contributed by atoms with E-state index in [0.29, 0.717) is 6.54 Å². The second-order valence-electron chi connectivity index (χ2n) is 2.59. The Kier molecular flexibility index (Phi) is 7.26. The second-order valence-corrected chi connectivity index (χ2v) is 2.59.